The fourth-order valence-corrected chi connectivity index (χ4v) is 2.59. The summed E-state index contributed by atoms with van der Waals surface area (Å²) in [6.07, 6.45) is 0.885. The third-order valence-electron chi connectivity index (χ3n) is 3.20. The molecule has 0 spiro atoms. The molecule has 17 heavy (non-hydrogen) atoms. The topological polar surface area (TPSA) is 46.5 Å². The van der Waals surface area contributed by atoms with Crippen LogP contribution in [0.4, 0.5) is 0 Å². The summed E-state index contributed by atoms with van der Waals surface area (Å²) in [5.41, 5.74) is 0.0749. The zero-order valence-electron chi connectivity index (χ0n) is 9.24. The number of ether oxygens (including phenoxy) is 1. The van der Waals surface area contributed by atoms with Crippen molar-refractivity contribution in [3.8, 4) is 0 Å². The number of halogens is 2. The van der Waals surface area contributed by atoms with E-state index in [2.05, 4.69) is 15.9 Å². The second-order valence-electron chi connectivity index (χ2n) is 4.25. The van der Waals surface area contributed by atoms with Gasteiger partial charge in [-0.2, -0.15) is 0 Å². The van der Waals surface area contributed by atoms with E-state index < -0.39 is 17.5 Å². The Morgan fingerprint density at radius 3 is 2.65 bits per heavy atom. The van der Waals surface area contributed by atoms with Crippen molar-refractivity contribution in [1.82, 2.24) is 0 Å². The lowest BCUT2D eigenvalue weighted by molar-refractivity contribution is -0.149. The van der Waals surface area contributed by atoms with Crippen LogP contribution in [0.3, 0.4) is 0 Å². The summed E-state index contributed by atoms with van der Waals surface area (Å²) in [4.78, 5) is 11.3. The normalized spacial score (nSPS) is 18.8. The monoisotopic (exact) mass is 318 g/mol. The highest BCUT2D eigenvalue weighted by molar-refractivity contribution is 9.10. The van der Waals surface area contributed by atoms with Gasteiger partial charge in [0.2, 0.25) is 0 Å². The van der Waals surface area contributed by atoms with Crippen LogP contribution in [0, 0.1) is 5.41 Å². The van der Waals surface area contributed by atoms with Crippen molar-refractivity contribution in [1.29, 1.82) is 0 Å². The van der Waals surface area contributed by atoms with E-state index in [1.807, 2.05) is 12.1 Å². The van der Waals surface area contributed by atoms with Gasteiger partial charge < -0.3 is 9.84 Å². The van der Waals surface area contributed by atoms with E-state index in [-0.39, 0.29) is 0 Å². The Labute approximate surface area is 113 Å². The largest absolute Gasteiger partial charge is 0.481 e. The summed E-state index contributed by atoms with van der Waals surface area (Å²) in [6.45, 7) is 0. The number of hydrogen-bond donors (Lipinski definition) is 1. The van der Waals surface area contributed by atoms with Gasteiger partial charge in [-0.1, -0.05) is 17.7 Å². The lowest BCUT2D eigenvalue weighted by Crippen LogP contribution is -2.25. The standard InChI is InChI=1S/C12H12BrClO3/c1-17-10(12(4-5-12)11(15)16)7-2-3-9(14)8(13)6-7/h2-3,6,10H,4-5H2,1H3,(H,15,16). The summed E-state index contributed by atoms with van der Waals surface area (Å²) in [5.74, 6) is -0.796. The number of aliphatic carboxylic acids is 1. The third kappa shape index (κ3) is 2.21. The SMILES string of the molecule is COC(c1ccc(Cl)c(Br)c1)C1(C(=O)O)CC1. The maximum atomic E-state index is 11.3. The van der Waals surface area contributed by atoms with Crippen molar-refractivity contribution in [2.24, 2.45) is 5.41 Å². The maximum Gasteiger partial charge on any atom is 0.312 e. The molecule has 1 aromatic rings. The molecular weight excluding hydrogens is 307 g/mol. The molecule has 0 aliphatic heterocycles. The minimum atomic E-state index is -0.796. The van der Waals surface area contributed by atoms with Crippen molar-refractivity contribution in [2.75, 3.05) is 7.11 Å². The minimum Gasteiger partial charge on any atom is -0.481 e. The van der Waals surface area contributed by atoms with Crippen LogP contribution in [0.15, 0.2) is 22.7 Å². The summed E-state index contributed by atoms with van der Waals surface area (Å²) < 4.78 is 6.12. The lowest BCUT2D eigenvalue weighted by Gasteiger charge is -2.22. The molecule has 3 nitrogen and oxygen atoms in total. The molecule has 0 saturated heterocycles. The average molecular weight is 320 g/mol. The fraction of sp³-hybridized carbons (Fsp3) is 0.417. The Bertz CT molecular complexity index is 457. The van der Waals surface area contributed by atoms with Gasteiger partial charge in [-0.05, 0) is 46.5 Å². The van der Waals surface area contributed by atoms with Crippen LogP contribution in [0.5, 0.6) is 0 Å². The highest BCUT2D eigenvalue weighted by Gasteiger charge is 2.57. The van der Waals surface area contributed by atoms with Gasteiger partial charge in [0, 0.05) is 11.6 Å². The molecule has 1 aliphatic rings. The molecule has 1 saturated carbocycles. The predicted molar refractivity (Wildman–Crippen MR) is 68.2 cm³/mol. The van der Waals surface area contributed by atoms with Crippen LogP contribution in [0.1, 0.15) is 24.5 Å². The first-order valence-electron chi connectivity index (χ1n) is 5.22. The van der Waals surface area contributed by atoms with E-state index >= 15 is 0 Å². The van der Waals surface area contributed by atoms with Crippen LogP contribution >= 0.6 is 27.5 Å². The van der Waals surface area contributed by atoms with Crippen molar-refractivity contribution >= 4 is 33.5 Å². The lowest BCUT2D eigenvalue weighted by atomic mass is 9.93. The smallest absolute Gasteiger partial charge is 0.312 e. The molecule has 1 N–H and O–H groups in total. The van der Waals surface area contributed by atoms with Gasteiger partial charge >= 0.3 is 5.97 Å². The summed E-state index contributed by atoms with van der Waals surface area (Å²) >= 11 is 9.25. The van der Waals surface area contributed by atoms with Gasteiger partial charge in [0.25, 0.3) is 0 Å². The number of carboxylic acid groups (broad SMARTS) is 1. The molecule has 1 aliphatic carbocycles. The first-order chi connectivity index (χ1) is 8.01. The molecule has 0 aromatic heterocycles. The van der Waals surface area contributed by atoms with E-state index in [1.54, 1.807) is 6.07 Å². The molecule has 1 unspecified atom stereocenters. The van der Waals surface area contributed by atoms with Crippen LogP contribution < -0.4 is 0 Å². The van der Waals surface area contributed by atoms with Gasteiger partial charge in [-0.25, -0.2) is 0 Å². The maximum absolute atomic E-state index is 11.3. The van der Waals surface area contributed by atoms with E-state index in [4.69, 9.17) is 16.3 Å². The van der Waals surface area contributed by atoms with Gasteiger partial charge in [0.15, 0.2) is 0 Å². The van der Waals surface area contributed by atoms with Crippen LogP contribution in [0.2, 0.25) is 5.02 Å². The Morgan fingerprint density at radius 1 is 1.59 bits per heavy atom. The number of rotatable bonds is 4. The molecule has 1 aromatic carbocycles. The molecule has 0 amide bonds. The van der Waals surface area contributed by atoms with Crippen molar-refractivity contribution < 1.29 is 14.6 Å². The zero-order valence-corrected chi connectivity index (χ0v) is 11.6. The second-order valence-corrected chi connectivity index (χ2v) is 5.51. The van der Waals surface area contributed by atoms with Crippen molar-refractivity contribution in [3.05, 3.63) is 33.3 Å². The van der Waals surface area contributed by atoms with Crippen LogP contribution in [-0.2, 0) is 9.53 Å². The van der Waals surface area contributed by atoms with Crippen molar-refractivity contribution in [3.63, 3.8) is 0 Å². The quantitative estimate of drug-likeness (QED) is 0.921. The fourth-order valence-electron chi connectivity index (χ4n) is 2.08. The summed E-state index contributed by atoms with van der Waals surface area (Å²) in [7, 11) is 1.54. The first kappa shape index (κ1) is 12.9. The number of hydrogen-bond acceptors (Lipinski definition) is 2. The van der Waals surface area contributed by atoms with Crippen LogP contribution in [-0.4, -0.2) is 18.2 Å². The van der Waals surface area contributed by atoms with Gasteiger partial charge in [0.1, 0.15) is 0 Å². The molecule has 1 fully saturated rings. The van der Waals surface area contributed by atoms with E-state index in [1.165, 1.54) is 7.11 Å². The highest BCUT2D eigenvalue weighted by Crippen LogP contribution is 2.56. The number of benzene rings is 1. The minimum absolute atomic E-state index is 0.423. The van der Waals surface area contributed by atoms with E-state index in [0.29, 0.717) is 17.9 Å². The van der Waals surface area contributed by atoms with E-state index in [9.17, 15) is 9.90 Å². The number of carbonyl (C=O) groups is 1. The molecule has 2 rings (SSSR count). The van der Waals surface area contributed by atoms with Gasteiger partial charge in [-0.3, -0.25) is 4.79 Å². The first-order valence-corrected chi connectivity index (χ1v) is 6.39. The van der Waals surface area contributed by atoms with E-state index in [0.717, 1.165) is 10.0 Å². The average Bonchev–Trinajstić information content (AvgIpc) is 3.06. The molecule has 0 radical (unpaired) electrons. The summed E-state index contributed by atoms with van der Waals surface area (Å²) in [6, 6.07) is 5.37. The zero-order chi connectivity index (χ0) is 12.6. The third-order valence-corrected chi connectivity index (χ3v) is 4.41. The summed E-state index contributed by atoms with van der Waals surface area (Å²) in [5, 5.41) is 9.87. The number of carboxylic acids is 1. The molecular formula is C12H12BrClO3. The molecule has 0 bridgehead atoms. The second kappa shape index (κ2) is 4.59. The Kier molecular flexibility index (Phi) is 3.48. The molecule has 1 atom stereocenters. The number of methoxy groups -OCH3 is 1. The molecule has 0 heterocycles. The Morgan fingerprint density at radius 2 is 2.24 bits per heavy atom. The van der Waals surface area contributed by atoms with Crippen LogP contribution in [0.25, 0.3) is 0 Å². The predicted octanol–water partition coefficient (Wildman–Crippen LogP) is 3.65. The van der Waals surface area contributed by atoms with Gasteiger partial charge in [-0.15, -0.1) is 0 Å². The Hall–Kier alpha value is -0.580. The van der Waals surface area contributed by atoms with Gasteiger partial charge in [0.05, 0.1) is 16.5 Å². The highest BCUT2D eigenvalue weighted by atomic mass is 79.9. The van der Waals surface area contributed by atoms with Crippen molar-refractivity contribution in [2.45, 2.75) is 18.9 Å². The Balaban J connectivity index is 2.36. The molecule has 92 valence electrons. The molecule has 5 heteroatoms.